The first-order valence-electron chi connectivity index (χ1n) is 6.46. The number of carbonyl (C=O) groups excluding carboxylic acids is 1. The van der Waals surface area contributed by atoms with Crippen LogP contribution in [0.25, 0.3) is 5.69 Å². The number of hydrogen-bond donors (Lipinski definition) is 0. The standard InChI is InChI=1S/C15H15N3O/c1-12-7-10-17-18(12)14-5-3-13(4-6-14)15(16-11-19)8-2-9-15/h3-7,10H,2,8-9H2,1H3. The Morgan fingerprint density at radius 1 is 1.26 bits per heavy atom. The van der Waals surface area contributed by atoms with Crippen molar-refractivity contribution in [1.82, 2.24) is 9.78 Å². The summed E-state index contributed by atoms with van der Waals surface area (Å²) >= 11 is 0. The lowest BCUT2D eigenvalue weighted by atomic mass is 9.72. The van der Waals surface area contributed by atoms with Crippen molar-refractivity contribution in [3.63, 3.8) is 0 Å². The van der Waals surface area contributed by atoms with Crippen molar-refractivity contribution in [3.8, 4) is 5.69 Å². The predicted molar refractivity (Wildman–Crippen MR) is 72.0 cm³/mol. The molecular formula is C15H15N3O. The molecule has 4 nitrogen and oxygen atoms in total. The zero-order valence-corrected chi connectivity index (χ0v) is 10.8. The molecule has 4 heteroatoms. The Balaban J connectivity index is 1.95. The van der Waals surface area contributed by atoms with Crippen LogP contribution in [0.4, 0.5) is 0 Å². The van der Waals surface area contributed by atoms with Gasteiger partial charge in [-0.1, -0.05) is 12.1 Å². The van der Waals surface area contributed by atoms with Crippen molar-refractivity contribution in [2.45, 2.75) is 31.7 Å². The van der Waals surface area contributed by atoms with Crippen LogP contribution < -0.4 is 0 Å². The van der Waals surface area contributed by atoms with Gasteiger partial charge in [-0.15, -0.1) is 0 Å². The van der Waals surface area contributed by atoms with Crippen molar-refractivity contribution in [1.29, 1.82) is 0 Å². The van der Waals surface area contributed by atoms with Crippen molar-refractivity contribution in [2.24, 2.45) is 4.99 Å². The quantitative estimate of drug-likeness (QED) is 0.623. The molecule has 0 unspecified atom stereocenters. The molecule has 1 fully saturated rings. The summed E-state index contributed by atoms with van der Waals surface area (Å²) in [7, 11) is 0. The first kappa shape index (κ1) is 11.9. The van der Waals surface area contributed by atoms with Gasteiger partial charge in [0.1, 0.15) is 0 Å². The molecule has 1 aromatic heterocycles. The van der Waals surface area contributed by atoms with Gasteiger partial charge >= 0.3 is 0 Å². The maximum atomic E-state index is 10.6. The maximum absolute atomic E-state index is 10.6. The van der Waals surface area contributed by atoms with E-state index in [1.165, 1.54) is 0 Å². The second kappa shape index (κ2) is 4.48. The average Bonchev–Trinajstić information content (AvgIpc) is 2.80. The Bertz CT molecular complexity index is 632. The van der Waals surface area contributed by atoms with Gasteiger partial charge in [0, 0.05) is 11.9 Å². The number of hydrogen-bond acceptors (Lipinski definition) is 3. The molecule has 0 aliphatic heterocycles. The molecule has 19 heavy (non-hydrogen) atoms. The van der Waals surface area contributed by atoms with Crippen LogP contribution in [0, 0.1) is 6.92 Å². The van der Waals surface area contributed by atoms with E-state index in [0.717, 1.165) is 36.2 Å². The lowest BCUT2D eigenvalue weighted by molar-refractivity contribution is 0.256. The molecular weight excluding hydrogens is 238 g/mol. The summed E-state index contributed by atoms with van der Waals surface area (Å²) in [6.45, 7) is 2.02. The molecule has 0 bridgehead atoms. The van der Waals surface area contributed by atoms with Gasteiger partial charge in [-0.2, -0.15) is 10.1 Å². The van der Waals surface area contributed by atoms with Gasteiger partial charge in [0.15, 0.2) is 0 Å². The van der Waals surface area contributed by atoms with Crippen LogP contribution in [0.3, 0.4) is 0 Å². The SMILES string of the molecule is Cc1ccnn1-c1ccc(C2(N=C=O)CCC2)cc1. The Labute approximate surface area is 111 Å². The summed E-state index contributed by atoms with van der Waals surface area (Å²) in [6, 6.07) is 10.1. The second-order valence-electron chi connectivity index (χ2n) is 5.02. The van der Waals surface area contributed by atoms with Gasteiger partial charge in [-0.3, -0.25) is 0 Å². The van der Waals surface area contributed by atoms with Crippen LogP contribution in [0.5, 0.6) is 0 Å². The number of aliphatic imine (C=N–C) groups is 1. The summed E-state index contributed by atoms with van der Waals surface area (Å²) in [6.07, 6.45) is 6.48. The van der Waals surface area contributed by atoms with Gasteiger partial charge in [0.05, 0.1) is 11.2 Å². The smallest absolute Gasteiger partial charge is 0.235 e. The second-order valence-corrected chi connectivity index (χ2v) is 5.02. The zero-order chi connectivity index (χ0) is 13.3. The molecule has 0 spiro atoms. The summed E-state index contributed by atoms with van der Waals surface area (Å²) in [5.41, 5.74) is 2.89. The molecule has 0 saturated heterocycles. The fourth-order valence-corrected chi connectivity index (χ4v) is 2.62. The summed E-state index contributed by atoms with van der Waals surface area (Å²) in [5.74, 6) is 0. The molecule has 96 valence electrons. The van der Waals surface area contributed by atoms with Gasteiger partial charge < -0.3 is 0 Å². The third-order valence-corrected chi connectivity index (χ3v) is 3.92. The van der Waals surface area contributed by atoms with E-state index in [1.807, 2.05) is 41.9 Å². The van der Waals surface area contributed by atoms with E-state index in [9.17, 15) is 4.79 Å². The fourth-order valence-electron chi connectivity index (χ4n) is 2.62. The maximum Gasteiger partial charge on any atom is 0.235 e. The third-order valence-electron chi connectivity index (χ3n) is 3.92. The lowest BCUT2D eigenvalue weighted by Crippen LogP contribution is -2.31. The van der Waals surface area contributed by atoms with Crippen LogP contribution >= 0.6 is 0 Å². The highest BCUT2D eigenvalue weighted by atomic mass is 16.1. The number of benzene rings is 1. The minimum Gasteiger partial charge on any atom is -0.238 e. The van der Waals surface area contributed by atoms with Gasteiger partial charge in [-0.05, 0) is 49.9 Å². The highest BCUT2D eigenvalue weighted by Crippen LogP contribution is 2.44. The van der Waals surface area contributed by atoms with Crippen LogP contribution in [0.15, 0.2) is 41.5 Å². The van der Waals surface area contributed by atoms with Crippen LogP contribution in [-0.4, -0.2) is 15.9 Å². The van der Waals surface area contributed by atoms with E-state index in [1.54, 1.807) is 12.3 Å². The number of rotatable bonds is 3. The summed E-state index contributed by atoms with van der Waals surface area (Å²) in [4.78, 5) is 14.6. The van der Waals surface area contributed by atoms with Crippen LogP contribution in [0.2, 0.25) is 0 Å². The van der Waals surface area contributed by atoms with Crippen LogP contribution in [-0.2, 0) is 10.3 Å². The number of nitrogens with zero attached hydrogens (tertiary/aromatic N) is 3. The molecule has 1 aliphatic carbocycles. The molecule has 1 heterocycles. The molecule has 1 saturated carbocycles. The fraction of sp³-hybridized carbons (Fsp3) is 0.333. The predicted octanol–water partition coefficient (Wildman–Crippen LogP) is 2.90. The van der Waals surface area contributed by atoms with E-state index in [2.05, 4.69) is 10.1 Å². The normalized spacial score (nSPS) is 16.5. The monoisotopic (exact) mass is 253 g/mol. The molecule has 0 N–H and O–H groups in total. The van der Waals surface area contributed by atoms with E-state index < -0.39 is 0 Å². The molecule has 1 aromatic carbocycles. The largest absolute Gasteiger partial charge is 0.238 e. The number of isocyanates is 1. The van der Waals surface area contributed by atoms with Gasteiger partial charge in [0.25, 0.3) is 0 Å². The Morgan fingerprint density at radius 2 is 2.00 bits per heavy atom. The minimum absolute atomic E-state index is 0.320. The van der Waals surface area contributed by atoms with Gasteiger partial charge in [0.2, 0.25) is 6.08 Å². The summed E-state index contributed by atoms with van der Waals surface area (Å²) in [5, 5.41) is 4.28. The third kappa shape index (κ3) is 1.90. The molecule has 1 aliphatic rings. The van der Waals surface area contributed by atoms with Gasteiger partial charge in [-0.25, -0.2) is 9.48 Å². The Kier molecular flexibility index (Phi) is 2.80. The van der Waals surface area contributed by atoms with E-state index in [4.69, 9.17) is 0 Å². The van der Waals surface area contributed by atoms with E-state index in [0.29, 0.717) is 0 Å². The van der Waals surface area contributed by atoms with Crippen molar-refractivity contribution in [2.75, 3.05) is 0 Å². The highest BCUT2D eigenvalue weighted by Gasteiger charge is 2.38. The Morgan fingerprint density at radius 3 is 2.47 bits per heavy atom. The molecule has 0 radical (unpaired) electrons. The van der Waals surface area contributed by atoms with E-state index in [-0.39, 0.29) is 5.54 Å². The van der Waals surface area contributed by atoms with Crippen LogP contribution in [0.1, 0.15) is 30.5 Å². The lowest BCUT2D eigenvalue weighted by Gasteiger charge is -2.37. The van der Waals surface area contributed by atoms with Crippen molar-refractivity contribution < 1.29 is 4.79 Å². The van der Waals surface area contributed by atoms with Crippen molar-refractivity contribution in [3.05, 3.63) is 47.8 Å². The van der Waals surface area contributed by atoms with E-state index >= 15 is 0 Å². The van der Waals surface area contributed by atoms with Crippen molar-refractivity contribution >= 4 is 6.08 Å². The summed E-state index contributed by atoms with van der Waals surface area (Å²) < 4.78 is 1.89. The molecule has 0 amide bonds. The molecule has 2 aromatic rings. The molecule has 3 rings (SSSR count). The first-order chi connectivity index (χ1) is 9.25. The topological polar surface area (TPSA) is 47.2 Å². The first-order valence-corrected chi connectivity index (χ1v) is 6.46. The minimum atomic E-state index is -0.320. The molecule has 0 atom stereocenters. The number of aryl methyl sites for hydroxylation is 1. The zero-order valence-electron chi connectivity index (χ0n) is 10.8. The average molecular weight is 253 g/mol. The number of aromatic nitrogens is 2. The Hall–Kier alpha value is -2.19. The highest BCUT2D eigenvalue weighted by molar-refractivity contribution is 5.42.